The van der Waals surface area contributed by atoms with Crippen LogP contribution in [-0.4, -0.2) is 6.54 Å². The van der Waals surface area contributed by atoms with Gasteiger partial charge in [0.1, 0.15) is 0 Å². The summed E-state index contributed by atoms with van der Waals surface area (Å²) in [6.45, 7) is 3.60. The zero-order valence-electron chi connectivity index (χ0n) is 10.7. The van der Waals surface area contributed by atoms with Crippen molar-refractivity contribution in [2.24, 2.45) is 5.73 Å². The smallest absolute Gasteiger partial charge is 0.205 e. The fourth-order valence-corrected chi connectivity index (χ4v) is 1.94. The number of hydrogen-bond acceptors (Lipinski definition) is 1. The second kappa shape index (κ2) is 6.12. The highest BCUT2D eigenvalue weighted by Gasteiger charge is 2.03. The SMILES string of the molecule is Cc1cccc(/C=C/c2cccc[n+]2CCN)c1. The first-order valence-corrected chi connectivity index (χ1v) is 6.23. The maximum Gasteiger partial charge on any atom is 0.205 e. The van der Waals surface area contributed by atoms with Gasteiger partial charge in [-0.05, 0) is 24.6 Å². The number of benzene rings is 1. The molecule has 1 aromatic carbocycles. The number of pyridine rings is 1. The van der Waals surface area contributed by atoms with Crippen molar-refractivity contribution in [3.05, 3.63) is 65.5 Å². The molecular formula is C16H19N2+. The predicted molar refractivity (Wildman–Crippen MR) is 75.8 cm³/mol. The summed E-state index contributed by atoms with van der Waals surface area (Å²) in [6.07, 6.45) is 6.32. The summed E-state index contributed by atoms with van der Waals surface area (Å²) >= 11 is 0. The van der Waals surface area contributed by atoms with Crippen LogP contribution in [0.3, 0.4) is 0 Å². The van der Waals surface area contributed by atoms with E-state index in [1.54, 1.807) is 0 Å². The first-order chi connectivity index (χ1) is 8.79. The zero-order chi connectivity index (χ0) is 12.8. The van der Waals surface area contributed by atoms with Gasteiger partial charge in [0.25, 0.3) is 0 Å². The third kappa shape index (κ3) is 3.28. The topological polar surface area (TPSA) is 29.9 Å². The molecule has 1 heterocycles. The van der Waals surface area contributed by atoms with Crippen LogP contribution in [0.2, 0.25) is 0 Å². The molecule has 0 radical (unpaired) electrons. The van der Waals surface area contributed by atoms with Gasteiger partial charge in [0.2, 0.25) is 5.69 Å². The number of aryl methyl sites for hydroxylation is 1. The van der Waals surface area contributed by atoms with Crippen molar-refractivity contribution in [1.29, 1.82) is 0 Å². The number of nitrogens with zero attached hydrogens (tertiary/aromatic N) is 1. The van der Waals surface area contributed by atoms with Gasteiger partial charge in [0, 0.05) is 18.2 Å². The van der Waals surface area contributed by atoms with Gasteiger partial charge >= 0.3 is 0 Å². The fourth-order valence-electron chi connectivity index (χ4n) is 1.94. The van der Waals surface area contributed by atoms with Gasteiger partial charge in [-0.2, -0.15) is 4.57 Å². The first-order valence-electron chi connectivity index (χ1n) is 6.23. The third-order valence-corrected chi connectivity index (χ3v) is 2.83. The molecule has 92 valence electrons. The zero-order valence-corrected chi connectivity index (χ0v) is 10.7. The van der Waals surface area contributed by atoms with Crippen LogP contribution in [0.5, 0.6) is 0 Å². The fraction of sp³-hybridized carbons (Fsp3) is 0.188. The Labute approximate surface area is 108 Å². The number of hydrogen-bond donors (Lipinski definition) is 1. The van der Waals surface area contributed by atoms with E-state index in [4.69, 9.17) is 5.73 Å². The van der Waals surface area contributed by atoms with Crippen molar-refractivity contribution >= 4 is 12.2 Å². The van der Waals surface area contributed by atoms with E-state index in [1.165, 1.54) is 16.8 Å². The van der Waals surface area contributed by atoms with E-state index in [9.17, 15) is 0 Å². The molecule has 2 aromatic rings. The highest BCUT2D eigenvalue weighted by Crippen LogP contribution is 2.07. The van der Waals surface area contributed by atoms with Crippen molar-refractivity contribution in [3.8, 4) is 0 Å². The molecule has 0 fully saturated rings. The molecule has 0 bridgehead atoms. The van der Waals surface area contributed by atoms with Crippen molar-refractivity contribution in [2.75, 3.05) is 6.54 Å². The summed E-state index contributed by atoms with van der Waals surface area (Å²) in [5.74, 6) is 0. The summed E-state index contributed by atoms with van der Waals surface area (Å²) in [5.41, 5.74) is 9.28. The highest BCUT2D eigenvalue weighted by molar-refractivity contribution is 5.67. The molecule has 0 saturated heterocycles. The quantitative estimate of drug-likeness (QED) is 0.816. The molecule has 0 aliphatic heterocycles. The Morgan fingerprint density at radius 1 is 1.11 bits per heavy atom. The van der Waals surface area contributed by atoms with Gasteiger partial charge in [0.05, 0.1) is 6.54 Å². The molecule has 0 saturated carbocycles. The first kappa shape index (κ1) is 12.5. The standard InChI is InChI=1S/C16H19N2/c1-14-5-4-6-15(13-14)8-9-16-7-2-3-11-18(16)12-10-17/h2-9,11,13H,10,12,17H2,1H3/q+1/b9-8+. The Balaban J connectivity index is 2.23. The van der Waals surface area contributed by atoms with Gasteiger partial charge in [-0.1, -0.05) is 29.8 Å². The molecule has 2 nitrogen and oxygen atoms in total. The average molecular weight is 239 g/mol. The van der Waals surface area contributed by atoms with E-state index in [0.29, 0.717) is 6.54 Å². The molecule has 2 heteroatoms. The Kier molecular flexibility index (Phi) is 4.26. The van der Waals surface area contributed by atoms with Crippen LogP contribution in [0, 0.1) is 6.92 Å². The van der Waals surface area contributed by atoms with Crippen LogP contribution < -0.4 is 10.3 Å². The molecule has 1 aromatic heterocycles. The van der Waals surface area contributed by atoms with Crippen molar-refractivity contribution < 1.29 is 4.57 Å². The second-order valence-electron chi connectivity index (χ2n) is 4.36. The van der Waals surface area contributed by atoms with Gasteiger partial charge < -0.3 is 5.73 Å². The summed E-state index contributed by atoms with van der Waals surface area (Å²) in [7, 11) is 0. The minimum Gasteiger partial charge on any atom is -0.325 e. The van der Waals surface area contributed by atoms with Crippen LogP contribution in [0.4, 0.5) is 0 Å². The van der Waals surface area contributed by atoms with Crippen molar-refractivity contribution in [3.63, 3.8) is 0 Å². The van der Waals surface area contributed by atoms with Gasteiger partial charge in [-0.3, -0.25) is 0 Å². The summed E-state index contributed by atoms with van der Waals surface area (Å²) in [5, 5.41) is 0. The lowest BCUT2D eigenvalue weighted by molar-refractivity contribution is -0.696. The maximum absolute atomic E-state index is 5.61. The molecule has 0 aliphatic carbocycles. The van der Waals surface area contributed by atoms with Gasteiger partial charge in [0.15, 0.2) is 12.7 Å². The van der Waals surface area contributed by atoms with E-state index < -0.39 is 0 Å². The lowest BCUT2D eigenvalue weighted by Gasteiger charge is -1.99. The molecular weight excluding hydrogens is 220 g/mol. The Hall–Kier alpha value is -1.93. The lowest BCUT2D eigenvalue weighted by Crippen LogP contribution is -2.39. The minimum absolute atomic E-state index is 0.653. The van der Waals surface area contributed by atoms with Crippen molar-refractivity contribution in [1.82, 2.24) is 0 Å². The molecule has 0 unspecified atom stereocenters. The van der Waals surface area contributed by atoms with Crippen LogP contribution in [0.1, 0.15) is 16.8 Å². The molecule has 2 rings (SSSR count). The highest BCUT2D eigenvalue weighted by atomic mass is 15.0. The van der Waals surface area contributed by atoms with E-state index >= 15 is 0 Å². The summed E-state index contributed by atoms with van der Waals surface area (Å²) < 4.78 is 2.16. The van der Waals surface area contributed by atoms with E-state index in [1.807, 2.05) is 12.1 Å². The van der Waals surface area contributed by atoms with Crippen LogP contribution in [0.15, 0.2) is 48.7 Å². The minimum atomic E-state index is 0.653. The average Bonchev–Trinajstić information content (AvgIpc) is 2.38. The van der Waals surface area contributed by atoms with Gasteiger partial charge in [-0.15, -0.1) is 0 Å². The number of rotatable bonds is 4. The summed E-state index contributed by atoms with van der Waals surface area (Å²) in [4.78, 5) is 0. The normalized spacial score (nSPS) is 11.0. The van der Waals surface area contributed by atoms with Crippen molar-refractivity contribution in [2.45, 2.75) is 13.5 Å². The maximum atomic E-state index is 5.61. The van der Waals surface area contributed by atoms with E-state index in [2.05, 4.69) is 60.2 Å². The number of aromatic nitrogens is 1. The Morgan fingerprint density at radius 3 is 2.78 bits per heavy atom. The molecule has 0 spiro atoms. The van der Waals surface area contributed by atoms with E-state index in [-0.39, 0.29) is 0 Å². The summed E-state index contributed by atoms with van der Waals surface area (Å²) in [6, 6.07) is 14.6. The van der Waals surface area contributed by atoms with Crippen LogP contribution in [0.25, 0.3) is 12.2 Å². The third-order valence-electron chi connectivity index (χ3n) is 2.83. The van der Waals surface area contributed by atoms with Gasteiger partial charge in [-0.25, -0.2) is 0 Å². The lowest BCUT2D eigenvalue weighted by atomic mass is 10.1. The Morgan fingerprint density at radius 2 is 2.00 bits per heavy atom. The molecule has 18 heavy (non-hydrogen) atoms. The number of nitrogens with two attached hydrogens (primary N) is 1. The molecule has 0 atom stereocenters. The van der Waals surface area contributed by atoms with Crippen LogP contribution in [-0.2, 0) is 6.54 Å². The molecule has 0 aliphatic rings. The second-order valence-corrected chi connectivity index (χ2v) is 4.36. The Bertz CT molecular complexity index is 544. The monoisotopic (exact) mass is 239 g/mol. The largest absolute Gasteiger partial charge is 0.325 e. The van der Waals surface area contributed by atoms with Crippen LogP contribution >= 0.6 is 0 Å². The predicted octanol–water partition coefficient (Wildman–Crippen LogP) is 2.41. The molecule has 2 N–H and O–H groups in total. The molecule has 0 amide bonds. The van der Waals surface area contributed by atoms with E-state index in [0.717, 1.165) is 6.54 Å².